The van der Waals surface area contributed by atoms with Gasteiger partial charge in [-0.2, -0.15) is 0 Å². The second kappa shape index (κ2) is 17.2. The Bertz CT molecular complexity index is 1180. The van der Waals surface area contributed by atoms with Crippen LogP contribution in [-0.4, -0.2) is 85.5 Å². The van der Waals surface area contributed by atoms with E-state index in [-0.39, 0.29) is 29.8 Å². The van der Waals surface area contributed by atoms with Gasteiger partial charge in [0, 0.05) is 51.7 Å². The Balaban J connectivity index is 1.41. The van der Waals surface area contributed by atoms with Gasteiger partial charge < -0.3 is 25.0 Å². The highest BCUT2D eigenvalue weighted by atomic mass is 16.5. The number of hydrogen-bond acceptors (Lipinski definition) is 6. The lowest BCUT2D eigenvalue weighted by atomic mass is 9.97. The van der Waals surface area contributed by atoms with Gasteiger partial charge in [0.1, 0.15) is 18.4 Å². The summed E-state index contributed by atoms with van der Waals surface area (Å²) >= 11 is 0. The molecule has 0 unspecified atom stereocenters. The summed E-state index contributed by atoms with van der Waals surface area (Å²) in [6.45, 7) is 7.97. The molecule has 44 heavy (non-hydrogen) atoms. The summed E-state index contributed by atoms with van der Waals surface area (Å²) in [4.78, 5) is 43.4. The van der Waals surface area contributed by atoms with Crippen molar-refractivity contribution in [3.05, 3.63) is 65.7 Å². The highest BCUT2D eigenvalue weighted by Crippen LogP contribution is 2.21. The fraction of sp³-hybridized carbons (Fsp3) is 0.571. The van der Waals surface area contributed by atoms with Crippen LogP contribution in [0.15, 0.2) is 54.6 Å². The molecule has 2 aromatic carbocycles. The summed E-state index contributed by atoms with van der Waals surface area (Å²) in [5, 5.41) is 6.14. The van der Waals surface area contributed by atoms with Gasteiger partial charge in [-0.05, 0) is 68.3 Å². The van der Waals surface area contributed by atoms with Crippen molar-refractivity contribution in [2.24, 2.45) is 5.92 Å². The van der Waals surface area contributed by atoms with Crippen molar-refractivity contribution in [3.63, 3.8) is 0 Å². The number of carbonyl (C=O) groups is 3. The lowest BCUT2D eigenvalue weighted by Gasteiger charge is -2.37. The second-order valence-corrected chi connectivity index (χ2v) is 12.5. The minimum absolute atomic E-state index is 0.127. The van der Waals surface area contributed by atoms with Crippen LogP contribution in [-0.2, 0) is 32.1 Å². The van der Waals surface area contributed by atoms with Crippen LogP contribution in [0.4, 0.5) is 0 Å². The number of carbonyl (C=O) groups excluding carboxylic acids is 3. The van der Waals surface area contributed by atoms with Crippen molar-refractivity contribution < 1.29 is 23.9 Å². The van der Waals surface area contributed by atoms with E-state index in [0.29, 0.717) is 64.5 Å². The third kappa shape index (κ3) is 10.3. The zero-order valence-electron chi connectivity index (χ0n) is 26.6. The van der Waals surface area contributed by atoms with Gasteiger partial charge >= 0.3 is 0 Å². The van der Waals surface area contributed by atoms with Crippen LogP contribution >= 0.6 is 0 Å². The third-order valence-corrected chi connectivity index (χ3v) is 8.58. The highest BCUT2D eigenvalue weighted by molar-refractivity contribution is 5.90. The molecule has 0 spiro atoms. The van der Waals surface area contributed by atoms with Crippen molar-refractivity contribution >= 4 is 17.7 Å². The molecule has 0 radical (unpaired) electrons. The Morgan fingerprint density at radius 3 is 2.41 bits per heavy atom. The molecule has 2 fully saturated rings. The Hall–Kier alpha value is -3.43. The summed E-state index contributed by atoms with van der Waals surface area (Å²) < 4.78 is 11.5. The first kappa shape index (κ1) is 33.5. The normalized spacial score (nSPS) is 17.1. The van der Waals surface area contributed by atoms with Gasteiger partial charge in [0.25, 0.3) is 0 Å². The lowest BCUT2D eigenvalue weighted by Crippen LogP contribution is -2.56. The van der Waals surface area contributed by atoms with Gasteiger partial charge in [-0.1, -0.05) is 56.3 Å². The number of amides is 3. The van der Waals surface area contributed by atoms with E-state index >= 15 is 0 Å². The molecule has 2 saturated heterocycles. The predicted octanol–water partition coefficient (Wildman–Crippen LogP) is 3.95. The number of likely N-dealkylation sites (N-methyl/N-ethyl adjacent to an activating group) is 1. The van der Waals surface area contributed by atoms with E-state index < -0.39 is 6.04 Å². The quantitative estimate of drug-likeness (QED) is 0.281. The Kier molecular flexibility index (Phi) is 13.1. The average molecular weight is 607 g/mol. The van der Waals surface area contributed by atoms with Gasteiger partial charge in [-0.15, -0.1) is 0 Å². The fourth-order valence-corrected chi connectivity index (χ4v) is 5.97. The SMILES string of the molecule is CC(C)C[C@H](C(=O)N[C@@H](Cc1ccc(OCc2ccccc2)cc1)C(=O)NCCCN1CCCC1=O)N(C)C1CCOCC1. The fourth-order valence-electron chi connectivity index (χ4n) is 5.97. The zero-order valence-corrected chi connectivity index (χ0v) is 26.6. The highest BCUT2D eigenvalue weighted by Gasteiger charge is 2.33. The summed E-state index contributed by atoms with van der Waals surface area (Å²) in [6, 6.07) is 16.9. The molecule has 2 heterocycles. The van der Waals surface area contributed by atoms with E-state index in [1.165, 1.54) is 0 Å². The van der Waals surface area contributed by atoms with Crippen LogP contribution < -0.4 is 15.4 Å². The van der Waals surface area contributed by atoms with E-state index in [0.717, 1.165) is 42.7 Å². The van der Waals surface area contributed by atoms with Crippen LogP contribution in [0, 0.1) is 5.92 Å². The maximum absolute atomic E-state index is 13.9. The van der Waals surface area contributed by atoms with Crippen LogP contribution in [0.5, 0.6) is 5.75 Å². The predicted molar refractivity (Wildman–Crippen MR) is 171 cm³/mol. The summed E-state index contributed by atoms with van der Waals surface area (Å²) in [7, 11) is 2.02. The van der Waals surface area contributed by atoms with E-state index in [9.17, 15) is 14.4 Å². The molecule has 0 saturated carbocycles. The molecule has 0 aliphatic carbocycles. The molecule has 0 aromatic heterocycles. The number of likely N-dealkylation sites (tertiary alicyclic amines) is 1. The topological polar surface area (TPSA) is 100 Å². The van der Waals surface area contributed by atoms with Crippen molar-refractivity contribution in [1.82, 2.24) is 20.4 Å². The molecule has 2 aromatic rings. The molecule has 2 aliphatic heterocycles. The Morgan fingerprint density at radius 2 is 1.75 bits per heavy atom. The molecule has 4 rings (SSSR count). The standard InChI is InChI=1S/C35H50N4O5/c1-26(2)23-32(38(3)29-16-21-43-22-17-29)35(42)37-31(34(41)36-18-8-20-39-19-7-11-33(39)40)24-27-12-14-30(15-13-27)44-25-28-9-5-4-6-10-28/h4-6,9-10,12-15,26,29,31-32H,7-8,11,16-25H2,1-3H3,(H,36,41)(H,37,42)/t31-,32+/m0/s1. The molecule has 3 amide bonds. The van der Waals surface area contributed by atoms with Gasteiger partial charge in [-0.3, -0.25) is 19.3 Å². The number of ether oxygens (including phenoxy) is 2. The first-order valence-electron chi connectivity index (χ1n) is 16.2. The van der Waals surface area contributed by atoms with Crippen LogP contribution in [0.2, 0.25) is 0 Å². The molecule has 240 valence electrons. The van der Waals surface area contributed by atoms with Gasteiger partial charge in [-0.25, -0.2) is 0 Å². The van der Waals surface area contributed by atoms with E-state index in [2.05, 4.69) is 29.4 Å². The lowest BCUT2D eigenvalue weighted by molar-refractivity contribution is -0.133. The van der Waals surface area contributed by atoms with Gasteiger partial charge in [0.05, 0.1) is 6.04 Å². The molecule has 0 bridgehead atoms. The van der Waals surface area contributed by atoms with Crippen LogP contribution in [0.1, 0.15) is 63.5 Å². The van der Waals surface area contributed by atoms with Crippen molar-refractivity contribution in [2.45, 2.75) is 83.5 Å². The molecular weight excluding hydrogens is 556 g/mol. The number of nitrogens with one attached hydrogen (secondary N) is 2. The van der Waals surface area contributed by atoms with Crippen molar-refractivity contribution in [3.8, 4) is 5.75 Å². The largest absolute Gasteiger partial charge is 0.489 e. The van der Waals surface area contributed by atoms with Gasteiger partial charge in [0.15, 0.2) is 0 Å². The molecular formula is C35H50N4O5. The van der Waals surface area contributed by atoms with Crippen LogP contribution in [0.3, 0.4) is 0 Å². The summed E-state index contributed by atoms with van der Waals surface area (Å²) in [5.41, 5.74) is 2.02. The maximum atomic E-state index is 13.9. The minimum atomic E-state index is -0.732. The molecule has 2 N–H and O–H groups in total. The molecule has 9 heteroatoms. The molecule has 9 nitrogen and oxygen atoms in total. The molecule has 2 aliphatic rings. The number of rotatable bonds is 16. The summed E-state index contributed by atoms with van der Waals surface area (Å²) in [6.07, 6.45) is 5.02. The molecule has 2 atom stereocenters. The van der Waals surface area contributed by atoms with Gasteiger partial charge in [0.2, 0.25) is 17.7 Å². The van der Waals surface area contributed by atoms with E-state index in [1.807, 2.05) is 66.5 Å². The number of benzene rings is 2. The number of hydrogen-bond donors (Lipinski definition) is 2. The van der Waals surface area contributed by atoms with E-state index in [1.54, 1.807) is 0 Å². The van der Waals surface area contributed by atoms with E-state index in [4.69, 9.17) is 9.47 Å². The summed E-state index contributed by atoms with van der Waals surface area (Å²) in [5.74, 6) is 0.902. The third-order valence-electron chi connectivity index (χ3n) is 8.58. The minimum Gasteiger partial charge on any atom is -0.489 e. The smallest absolute Gasteiger partial charge is 0.242 e. The number of nitrogens with zero attached hydrogens (tertiary/aromatic N) is 2. The van der Waals surface area contributed by atoms with Crippen LogP contribution in [0.25, 0.3) is 0 Å². The second-order valence-electron chi connectivity index (χ2n) is 12.5. The first-order chi connectivity index (χ1) is 21.3. The maximum Gasteiger partial charge on any atom is 0.242 e. The Labute approximate surface area is 262 Å². The van der Waals surface area contributed by atoms with Crippen molar-refractivity contribution in [2.75, 3.05) is 39.9 Å². The Morgan fingerprint density at radius 1 is 1.02 bits per heavy atom. The average Bonchev–Trinajstić information content (AvgIpc) is 3.45. The zero-order chi connectivity index (χ0) is 31.3. The monoisotopic (exact) mass is 606 g/mol. The first-order valence-corrected chi connectivity index (χ1v) is 16.2. The van der Waals surface area contributed by atoms with Crippen molar-refractivity contribution in [1.29, 1.82) is 0 Å².